The van der Waals surface area contributed by atoms with E-state index >= 15 is 0 Å². The molecule has 2 heterocycles. The number of hydrogen-bond acceptors (Lipinski definition) is 5. The summed E-state index contributed by atoms with van der Waals surface area (Å²) in [5.74, 6) is 0.752. The Morgan fingerprint density at radius 1 is 1.43 bits per heavy atom. The topological polar surface area (TPSA) is 77.1 Å². The predicted molar refractivity (Wildman–Crippen MR) is 82.5 cm³/mol. The summed E-state index contributed by atoms with van der Waals surface area (Å²) >= 11 is 0. The monoisotopic (exact) mass is 320 g/mol. The van der Waals surface area contributed by atoms with Crippen LogP contribution in [0.25, 0.3) is 0 Å². The highest BCUT2D eigenvalue weighted by molar-refractivity contribution is 6.00. The molecule has 0 radical (unpaired) electrons. The van der Waals surface area contributed by atoms with Crippen LogP contribution in [0.1, 0.15) is 13.3 Å². The van der Waals surface area contributed by atoms with Crippen molar-refractivity contribution in [2.75, 3.05) is 32.0 Å². The lowest BCUT2D eigenvalue weighted by atomic mass is 10.1. The molecule has 3 rings (SSSR count). The van der Waals surface area contributed by atoms with Gasteiger partial charge in [0.05, 0.1) is 12.5 Å². The Bertz CT molecular complexity index is 618. The highest BCUT2D eigenvalue weighted by Gasteiger charge is 2.36. The SMILES string of the molecule is COC[C@H](C)NC(=O)[C@@H]1CC(=O)N(c2ccc3c(c2)OCO3)C1. The van der Waals surface area contributed by atoms with Crippen LogP contribution in [0.2, 0.25) is 0 Å². The van der Waals surface area contributed by atoms with Crippen molar-refractivity contribution in [2.24, 2.45) is 5.92 Å². The van der Waals surface area contributed by atoms with E-state index in [0.717, 1.165) is 5.69 Å². The molecule has 1 aromatic rings. The smallest absolute Gasteiger partial charge is 0.231 e. The highest BCUT2D eigenvalue weighted by atomic mass is 16.7. The van der Waals surface area contributed by atoms with E-state index in [4.69, 9.17) is 14.2 Å². The molecule has 0 spiro atoms. The summed E-state index contributed by atoms with van der Waals surface area (Å²) in [5, 5.41) is 2.87. The van der Waals surface area contributed by atoms with Crippen molar-refractivity contribution in [1.82, 2.24) is 5.32 Å². The summed E-state index contributed by atoms with van der Waals surface area (Å²) in [6.45, 7) is 2.87. The summed E-state index contributed by atoms with van der Waals surface area (Å²) in [4.78, 5) is 26.1. The van der Waals surface area contributed by atoms with Gasteiger partial charge in [-0.3, -0.25) is 9.59 Å². The van der Waals surface area contributed by atoms with Crippen LogP contribution in [0, 0.1) is 5.92 Å². The van der Waals surface area contributed by atoms with Crippen LogP contribution >= 0.6 is 0 Å². The van der Waals surface area contributed by atoms with Crippen LogP contribution in [0.4, 0.5) is 5.69 Å². The van der Waals surface area contributed by atoms with Crippen LogP contribution in [0.5, 0.6) is 11.5 Å². The van der Waals surface area contributed by atoms with Crippen molar-refractivity contribution in [3.8, 4) is 11.5 Å². The number of nitrogens with zero attached hydrogens (tertiary/aromatic N) is 1. The van der Waals surface area contributed by atoms with Crippen LogP contribution < -0.4 is 19.7 Å². The summed E-state index contributed by atoms with van der Waals surface area (Å²) in [5.41, 5.74) is 0.722. The Morgan fingerprint density at radius 3 is 3.00 bits per heavy atom. The quantitative estimate of drug-likeness (QED) is 0.873. The number of anilines is 1. The van der Waals surface area contributed by atoms with Crippen LogP contribution in [0.3, 0.4) is 0 Å². The lowest BCUT2D eigenvalue weighted by Crippen LogP contribution is -2.40. The molecule has 1 aromatic carbocycles. The van der Waals surface area contributed by atoms with Gasteiger partial charge in [-0.2, -0.15) is 0 Å². The van der Waals surface area contributed by atoms with Crippen LogP contribution in [-0.2, 0) is 14.3 Å². The number of fused-ring (bicyclic) bond motifs is 1. The van der Waals surface area contributed by atoms with Gasteiger partial charge >= 0.3 is 0 Å². The Hall–Kier alpha value is -2.28. The fraction of sp³-hybridized carbons (Fsp3) is 0.500. The Balaban J connectivity index is 1.66. The largest absolute Gasteiger partial charge is 0.454 e. The number of ether oxygens (including phenoxy) is 3. The predicted octanol–water partition coefficient (Wildman–Crippen LogP) is 0.919. The molecule has 7 heteroatoms. The van der Waals surface area contributed by atoms with Gasteiger partial charge in [-0.05, 0) is 19.1 Å². The van der Waals surface area contributed by atoms with Crippen molar-refractivity contribution < 1.29 is 23.8 Å². The number of rotatable bonds is 5. The van der Waals surface area contributed by atoms with E-state index in [1.807, 2.05) is 6.92 Å². The zero-order valence-corrected chi connectivity index (χ0v) is 13.2. The molecular formula is C16H20N2O5. The number of carbonyl (C=O) groups excluding carboxylic acids is 2. The van der Waals surface area contributed by atoms with Gasteiger partial charge in [-0.1, -0.05) is 0 Å². The molecule has 1 saturated heterocycles. The minimum Gasteiger partial charge on any atom is -0.454 e. The van der Waals surface area contributed by atoms with Crippen molar-refractivity contribution in [3.63, 3.8) is 0 Å². The van der Waals surface area contributed by atoms with Gasteiger partial charge in [0, 0.05) is 37.9 Å². The fourth-order valence-corrected chi connectivity index (χ4v) is 2.84. The van der Waals surface area contributed by atoms with Crippen molar-refractivity contribution in [3.05, 3.63) is 18.2 Å². The lowest BCUT2D eigenvalue weighted by molar-refractivity contribution is -0.127. The zero-order valence-electron chi connectivity index (χ0n) is 13.2. The summed E-state index contributed by atoms with van der Waals surface area (Å²) in [6, 6.07) is 5.27. The molecule has 2 amide bonds. The van der Waals surface area contributed by atoms with E-state index in [9.17, 15) is 9.59 Å². The second-order valence-corrected chi connectivity index (χ2v) is 5.81. The number of methoxy groups -OCH3 is 1. The van der Waals surface area contributed by atoms with E-state index in [1.54, 1.807) is 30.2 Å². The number of carbonyl (C=O) groups is 2. The van der Waals surface area contributed by atoms with E-state index in [0.29, 0.717) is 24.7 Å². The first kappa shape index (κ1) is 15.6. The molecular weight excluding hydrogens is 300 g/mol. The van der Waals surface area contributed by atoms with E-state index in [1.165, 1.54) is 0 Å². The lowest BCUT2D eigenvalue weighted by Gasteiger charge is -2.18. The number of hydrogen-bond donors (Lipinski definition) is 1. The first-order chi connectivity index (χ1) is 11.1. The molecule has 124 valence electrons. The molecule has 7 nitrogen and oxygen atoms in total. The van der Waals surface area contributed by atoms with Gasteiger partial charge in [0.25, 0.3) is 0 Å². The molecule has 0 saturated carbocycles. The molecule has 2 aliphatic rings. The van der Waals surface area contributed by atoms with Crippen LogP contribution in [0.15, 0.2) is 18.2 Å². The van der Waals surface area contributed by atoms with Gasteiger partial charge < -0.3 is 24.4 Å². The minimum absolute atomic E-state index is 0.0663. The highest BCUT2D eigenvalue weighted by Crippen LogP contribution is 2.37. The van der Waals surface area contributed by atoms with Gasteiger partial charge in [-0.25, -0.2) is 0 Å². The Kier molecular flexibility index (Phi) is 4.38. The van der Waals surface area contributed by atoms with Crippen molar-refractivity contribution in [2.45, 2.75) is 19.4 Å². The molecule has 0 bridgehead atoms. The molecule has 0 aromatic heterocycles. The van der Waals surface area contributed by atoms with E-state index in [-0.39, 0.29) is 37.0 Å². The number of benzene rings is 1. The molecule has 2 aliphatic heterocycles. The average molecular weight is 320 g/mol. The van der Waals surface area contributed by atoms with Gasteiger partial charge in [-0.15, -0.1) is 0 Å². The minimum atomic E-state index is -0.354. The first-order valence-corrected chi connectivity index (χ1v) is 7.58. The molecule has 0 unspecified atom stereocenters. The third kappa shape index (κ3) is 3.24. The molecule has 0 aliphatic carbocycles. The maximum absolute atomic E-state index is 12.3. The summed E-state index contributed by atoms with van der Waals surface area (Å²) < 4.78 is 15.6. The maximum atomic E-state index is 12.3. The molecule has 2 atom stereocenters. The van der Waals surface area contributed by atoms with E-state index in [2.05, 4.69) is 5.32 Å². The molecule has 1 N–H and O–H groups in total. The average Bonchev–Trinajstić information content (AvgIpc) is 3.12. The fourth-order valence-electron chi connectivity index (χ4n) is 2.84. The zero-order chi connectivity index (χ0) is 16.4. The third-order valence-electron chi connectivity index (χ3n) is 3.97. The maximum Gasteiger partial charge on any atom is 0.231 e. The van der Waals surface area contributed by atoms with Crippen LogP contribution in [-0.4, -0.2) is 44.9 Å². The molecule has 23 heavy (non-hydrogen) atoms. The van der Waals surface area contributed by atoms with Gasteiger partial charge in [0.15, 0.2) is 11.5 Å². The standard InChI is InChI=1S/C16H20N2O5/c1-10(8-21-2)17-16(20)11-5-15(19)18(7-11)12-3-4-13-14(6-12)23-9-22-13/h3-4,6,10-11H,5,7-9H2,1-2H3,(H,17,20)/t10-,11+/m0/s1. The summed E-state index contributed by atoms with van der Waals surface area (Å²) in [7, 11) is 1.59. The number of nitrogens with one attached hydrogen (secondary N) is 1. The normalized spacial score (nSPS) is 20.7. The van der Waals surface area contributed by atoms with Crippen molar-refractivity contribution in [1.29, 1.82) is 0 Å². The molecule has 1 fully saturated rings. The second kappa shape index (κ2) is 6.45. The van der Waals surface area contributed by atoms with Gasteiger partial charge in [0.1, 0.15) is 0 Å². The Morgan fingerprint density at radius 2 is 2.22 bits per heavy atom. The Labute approximate surface area is 134 Å². The summed E-state index contributed by atoms with van der Waals surface area (Å²) in [6.07, 6.45) is 0.208. The van der Waals surface area contributed by atoms with Crippen molar-refractivity contribution >= 4 is 17.5 Å². The van der Waals surface area contributed by atoms with E-state index < -0.39 is 0 Å². The first-order valence-electron chi connectivity index (χ1n) is 7.58. The second-order valence-electron chi connectivity index (χ2n) is 5.81. The number of amides is 2. The van der Waals surface area contributed by atoms with Gasteiger partial charge in [0.2, 0.25) is 18.6 Å². The third-order valence-corrected chi connectivity index (χ3v) is 3.97.